The first kappa shape index (κ1) is 17.9. The Morgan fingerprint density at radius 2 is 1.86 bits per heavy atom. The van der Waals surface area contributed by atoms with Crippen molar-refractivity contribution in [2.45, 2.75) is 33.7 Å². The number of aromatic nitrogens is 5. The molecule has 142 valence electrons. The van der Waals surface area contributed by atoms with Gasteiger partial charge in [-0.25, -0.2) is 0 Å². The molecule has 0 aliphatic rings. The van der Waals surface area contributed by atoms with Gasteiger partial charge in [0.15, 0.2) is 5.82 Å². The summed E-state index contributed by atoms with van der Waals surface area (Å²) in [6.45, 7) is 7.01. The molecule has 2 aromatic carbocycles. The van der Waals surface area contributed by atoms with Crippen LogP contribution in [0.3, 0.4) is 0 Å². The maximum absolute atomic E-state index is 12.5. The Kier molecular flexibility index (Phi) is 4.65. The summed E-state index contributed by atoms with van der Waals surface area (Å²) in [6, 6.07) is 15.8. The van der Waals surface area contributed by atoms with E-state index in [1.807, 2.05) is 43.3 Å². The van der Waals surface area contributed by atoms with Crippen molar-refractivity contribution >= 4 is 22.5 Å². The molecule has 1 N–H and O–H groups in total. The van der Waals surface area contributed by atoms with Crippen molar-refractivity contribution in [3.05, 3.63) is 65.6 Å². The van der Waals surface area contributed by atoms with Crippen molar-refractivity contribution in [1.29, 1.82) is 0 Å². The molecule has 0 atom stereocenters. The fourth-order valence-corrected chi connectivity index (χ4v) is 3.52. The zero-order chi connectivity index (χ0) is 19.7. The van der Waals surface area contributed by atoms with Gasteiger partial charge in [0.1, 0.15) is 0 Å². The van der Waals surface area contributed by atoms with E-state index < -0.39 is 0 Å². The molecule has 0 unspecified atom stereocenters. The Labute approximate surface area is 163 Å². The van der Waals surface area contributed by atoms with Crippen molar-refractivity contribution in [3.63, 3.8) is 0 Å². The number of tetrazole rings is 1. The summed E-state index contributed by atoms with van der Waals surface area (Å²) >= 11 is 0. The van der Waals surface area contributed by atoms with Crippen LogP contribution in [-0.4, -0.2) is 30.7 Å². The van der Waals surface area contributed by atoms with Gasteiger partial charge in [-0.05, 0) is 73.2 Å². The summed E-state index contributed by atoms with van der Waals surface area (Å²) in [6.07, 6.45) is 0.307. The van der Waals surface area contributed by atoms with Crippen LogP contribution in [0.4, 0.5) is 5.69 Å². The van der Waals surface area contributed by atoms with Gasteiger partial charge in [-0.2, -0.15) is 4.68 Å². The average Bonchev–Trinajstić information content (AvgIpc) is 3.23. The van der Waals surface area contributed by atoms with Crippen LogP contribution in [0.25, 0.3) is 16.6 Å². The molecular formula is C21H22N6O. The van der Waals surface area contributed by atoms with E-state index in [-0.39, 0.29) is 5.91 Å². The maximum Gasteiger partial charge on any atom is 0.228 e. The van der Waals surface area contributed by atoms with Crippen molar-refractivity contribution < 1.29 is 4.79 Å². The second kappa shape index (κ2) is 7.26. The molecule has 0 saturated carbocycles. The van der Waals surface area contributed by atoms with Gasteiger partial charge < -0.3 is 9.88 Å². The maximum atomic E-state index is 12.5. The molecule has 0 aliphatic heterocycles. The fourth-order valence-electron chi connectivity index (χ4n) is 3.52. The third kappa shape index (κ3) is 3.38. The molecule has 0 saturated heterocycles. The molecule has 4 aromatic rings. The van der Waals surface area contributed by atoms with E-state index in [9.17, 15) is 4.79 Å². The number of hydrogen-bond donors (Lipinski definition) is 1. The van der Waals surface area contributed by atoms with Crippen LogP contribution in [-0.2, 0) is 17.8 Å². The Morgan fingerprint density at radius 1 is 1.07 bits per heavy atom. The smallest absolute Gasteiger partial charge is 0.228 e. The van der Waals surface area contributed by atoms with E-state index in [0.717, 1.165) is 28.9 Å². The van der Waals surface area contributed by atoms with Gasteiger partial charge in [-0.1, -0.05) is 12.1 Å². The highest BCUT2D eigenvalue weighted by Crippen LogP contribution is 2.23. The van der Waals surface area contributed by atoms with Crippen molar-refractivity contribution in [3.8, 4) is 5.69 Å². The van der Waals surface area contributed by atoms with Crippen LogP contribution >= 0.6 is 0 Å². The van der Waals surface area contributed by atoms with Crippen LogP contribution in [0.15, 0.2) is 48.5 Å². The third-order valence-electron chi connectivity index (χ3n) is 4.88. The standard InChI is InChI=1S/C21H22N6O/c1-4-26-14(2)11-17-13-18(7-10-20(17)26)22-21(28)12-16-5-8-19(9-6-16)27-15(3)23-24-25-27/h5-11,13H,4,12H2,1-3H3,(H,22,28). The van der Waals surface area contributed by atoms with E-state index in [4.69, 9.17) is 0 Å². The molecule has 2 aromatic heterocycles. The molecule has 0 fully saturated rings. The number of carbonyl (C=O) groups is 1. The molecule has 0 aliphatic carbocycles. The second-order valence-electron chi connectivity index (χ2n) is 6.83. The molecule has 0 radical (unpaired) electrons. The summed E-state index contributed by atoms with van der Waals surface area (Å²) in [5.41, 5.74) is 5.02. The highest BCUT2D eigenvalue weighted by Gasteiger charge is 2.09. The van der Waals surface area contributed by atoms with E-state index in [2.05, 4.69) is 51.4 Å². The molecular weight excluding hydrogens is 352 g/mol. The normalized spacial score (nSPS) is 11.1. The van der Waals surface area contributed by atoms with Gasteiger partial charge in [0, 0.05) is 28.8 Å². The molecule has 7 nitrogen and oxygen atoms in total. The number of benzene rings is 2. The fraction of sp³-hybridized carbons (Fsp3) is 0.238. The number of nitrogens with zero attached hydrogens (tertiary/aromatic N) is 5. The van der Waals surface area contributed by atoms with Gasteiger partial charge >= 0.3 is 0 Å². The lowest BCUT2D eigenvalue weighted by Gasteiger charge is -2.08. The number of aryl methyl sites for hydroxylation is 3. The molecule has 0 bridgehead atoms. The topological polar surface area (TPSA) is 77.6 Å². The second-order valence-corrected chi connectivity index (χ2v) is 6.83. The molecule has 1 amide bonds. The van der Waals surface area contributed by atoms with Gasteiger partial charge in [0.25, 0.3) is 0 Å². The molecule has 2 heterocycles. The van der Waals surface area contributed by atoms with E-state index in [0.29, 0.717) is 12.2 Å². The first-order valence-corrected chi connectivity index (χ1v) is 9.29. The Bertz CT molecular complexity index is 1140. The summed E-state index contributed by atoms with van der Waals surface area (Å²) in [7, 11) is 0. The zero-order valence-electron chi connectivity index (χ0n) is 16.2. The monoisotopic (exact) mass is 374 g/mol. The van der Waals surface area contributed by atoms with Crippen LogP contribution in [0.2, 0.25) is 0 Å². The first-order chi connectivity index (χ1) is 13.5. The van der Waals surface area contributed by atoms with Crippen molar-refractivity contribution in [1.82, 2.24) is 24.8 Å². The summed E-state index contributed by atoms with van der Waals surface area (Å²) < 4.78 is 3.92. The first-order valence-electron chi connectivity index (χ1n) is 9.29. The lowest BCUT2D eigenvalue weighted by molar-refractivity contribution is -0.115. The molecule has 4 rings (SSSR count). The predicted molar refractivity (Wildman–Crippen MR) is 109 cm³/mol. The number of amides is 1. The zero-order valence-corrected chi connectivity index (χ0v) is 16.2. The Morgan fingerprint density at radius 3 is 2.54 bits per heavy atom. The number of carbonyl (C=O) groups excluding carboxylic acids is 1. The van der Waals surface area contributed by atoms with Crippen molar-refractivity contribution in [2.24, 2.45) is 0 Å². The lowest BCUT2D eigenvalue weighted by Crippen LogP contribution is -2.14. The molecule has 0 spiro atoms. The molecule has 28 heavy (non-hydrogen) atoms. The number of anilines is 1. The number of hydrogen-bond acceptors (Lipinski definition) is 4. The largest absolute Gasteiger partial charge is 0.345 e. The summed E-state index contributed by atoms with van der Waals surface area (Å²) in [5, 5.41) is 15.6. The van der Waals surface area contributed by atoms with Gasteiger partial charge in [0.05, 0.1) is 12.1 Å². The number of nitrogens with one attached hydrogen (secondary N) is 1. The quantitative estimate of drug-likeness (QED) is 0.580. The van der Waals surface area contributed by atoms with Gasteiger partial charge in [-0.3, -0.25) is 4.79 Å². The van der Waals surface area contributed by atoms with Gasteiger partial charge in [-0.15, -0.1) is 5.10 Å². The number of rotatable bonds is 5. The lowest BCUT2D eigenvalue weighted by atomic mass is 10.1. The Hall–Kier alpha value is -3.48. The minimum absolute atomic E-state index is 0.0441. The Balaban J connectivity index is 1.45. The average molecular weight is 374 g/mol. The number of fused-ring (bicyclic) bond motifs is 1. The van der Waals surface area contributed by atoms with Crippen LogP contribution in [0.1, 0.15) is 24.0 Å². The highest BCUT2D eigenvalue weighted by atomic mass is 16.1. The van der Waals surface area contributed by atoms with E-state index in [1.165, 1.54) is 11.2 Å². The van der Waals surface area contributed by atoms with E-state index in [1.54, 1.807) is 4.68 Å². The van der Waals surface area contributed by atoms with E-state index >= 15 is 0 Å². The predicted octanol–water partition coefficient (Wildman–Crippen LogP) is 3.43. The molecule has 7 heteroatoms. The van der Waals surface area contributed by atoms with Crippen LogP contribution in [0, 0.1) is 13.8 Å². The minimum Gasteiger partial charge on any atom is -0.345 e. The minimum atomic E-state index is -0.0441. The SMILES string of the molecule is CCn1c(C)cc2cc(NC(=O)Cc3ccc(-n4nnnc4C)cc3)ccc21. The highest BCUT2D eigenvalue weighted by molar-refractivity contribution is 5.95. The van der Waals surface area contributed by atoms with Crippen molar-refractivity contribution in [2.75, 3.05) is 5.32 Å². The summed E-state index contributed by atoms with van der Waals surface area (Å²) in [5.74, 6) is 0.672. The van der Waals surface area contributed by atoms with Crippen LogP contribution < -0.4 is 5.32 Å². The van der Waals surface area contributed by atoms with Gasteiger partial charge in [0.2, 0.25) is 5.91 Å². The van der Waals surface area contributed by atoms with Crippen LogP contribution in [0.5, 0.6) is 0 Å². The third-order valence-corrected chi connectivity index (χ3v) is 4.88. The summed E-state index contributed by atoms with van der Waals surface area (Å²) in [4.78, 5) is 12.5.